The van der Waals surface area contributed by atoms with E-state index in [1.165, 1.54) is 0 Å². The van der Waals surface area contributed by atoms with Crippen molar-refractivity contribution in [3.8, 4) is 5.82 Å². The molecule has 4 aromatic rings. The maximum Gasteiger partial charge on any atom is 0.143 e. The molecule has 0 atom stereocenters. The Morgan fingerprint density at radius 1 is 1.04 bits per heavy atom. The second-order valence-electron chi connectivity index (χ2n) is 5.50. The first-order valence-corrected chi connectivity index (χ1v) is 7.85. The molecule has 0 aliphatic rings. The SMILES string of the molecule is c1cncc(CN(Cc2ccco2)c2cc(-n3ccnc3)ncn2)c1. The Balaban J connectivity index is 1.66. The van der Waals surface area contributed by atoms with Crippen LogP contribution in [0.15, 0.2) is 78.5 Å². The van der Waals surface area contributed by atoms with Gasteiger partial charge in [0.2, 0.25) is 0 Å². The van der Waals surface area contributed by atoms with Gasteiger partial charge in [-0.15, -0.1) is 0 Å². The van der Waals surface area contributed by atoms with Crippen LogP contribution >= 0.6 is 0 Å². The molecule has 0 amide bonds. The third-order valence-corrected chi connectivity index (χ3v) is 3.75. The molecule has 7 nitrogen and oxygen atoms in total. The van der Waals surface area contributed by atoms with Gasteiger partial charge in [-0.25, -0.2) is 15.0 Å². The first kappa shape index (κ1) is 15.1. The molecule has 0 saturated carbocycles. The fourth-order valence-electron chi connectivity index (χ4n) is 2.57. The fraction of sp³-hybridized carbons (Fsp3) is 0.111. The third kappa shape index (κ3) is 3.55. The second-order valence-corrected chi connectivity index (χ2v) is 5.50. The maximum absolute atomic E-state index is 5.51. The summed E-state index contributed by atoms with van der Waals surface area (Å²) in [5.41, 5.74) is 1.09. The summed E-state index contributed by atoms with van der Waals surface area (Å²) in [5, 5.41) is 0. The lowest BCUT2D eigenvalue weighted by molar-refractivity contribution is 0.500. The highest BCUT2D eigenvalue weighted by atomic mass is 16.3. The highest BCUT2D eigenvalue weighted by molar-refractivity contribution is 5.44. The van der Waals surface area contributed by atoms with Gasteiger partial charge in [-0.05, 0) is 23.8 Å². The van der Waals surface area contributed by atoms with Gasteiger partial charge in [0.05, 0.1) is 12.8 Å². The lowest BCUT2D eigenvalue weighted by Crippen LogP contribution is -2.23. The molecule has 0 spiro atoms. The molecule has 4 rings (SSSR count). The minimum Gasteiger partial charge on any atom is -0.467 e. The average Bonchev–Trinajstić information content (AvgIpc) is 3.36. The Morgan fingerprint density at radius 2 is 2.04 bits per heavy atom. The Labute approximate surface area is 144 Å². The van der Waals surface area contributed by atoms with E-state index in [1.807, 2.05) is 47.3 Å². The second kappa shape index (κ2) is 6.96. The van der Waals surface area contributed by atoms with E-state index in [9.17, 15) is 0 Å². The van der Waals surface area contributed by atoms with Crippen molar-refractivity contribution < 1.29 is 4.42 Å². The summed E-state index contributed by atoms with van der Waals surface area (Å²) < 4.78 is 7.36. The molecular weight excluding hydrogens is 316 g/mol. The summed E-state index contributed by atoms with van der Waals surface area (Å²) in [6, 6.07) is 9.74. The molecule has 0 aromatic carbocycles. The number of furan rings is 1. The van der Waals surface area contributed by atoms with Crippen LogP contribution < -0.4 is 4.90 Å². The van der Waals surface area contributed by atoms with E-state index < -0.39 is 0 Å². The minimum absolute atomic E-state index is 0.599. The summed E-state index contributed by atoms with van der Waals surface area (Å²) in [6.07, 6.45) is 12.1. The van der Waals surface area contributed by atoms with Crippen molar-refractivity contribution in [1.82, 2.24) is 24.5 Å². The van der Waals surface area contributed by atoms with Crippen LogP contribution in [0.2, 0.25) is 0 Å². The van der Waals surface area contributed by atoms with E-state index >= 15 is 0 Å². The van der Waals surface area contributed by atoms with E-state index in [4.69, 9.17) is 4.42 Å². The lowest BCUT2D eigenvalue weighted by Gasteiger charge is -2.23. The summed E-state index contributed by atoms with van der Waals surface area (Å²) in [4.78, 5) is 19.1. The van der Waals surface area contributed by atoms with Gasteiger partial charge in [0.1, 0.15) is 30.1 Å². The third-order valence-electron chi connectivity index (χ3n) is 3.75. The minimum atomic E-state index is 0.599. The fourth-order valence-corrected chi connectivity index (χ4v) is 2.57. The van der Waals surface area contributed by atoms with Gasteiger partial charge in [-0.2, -0.15) is 0 Å². The van der Waals surface area contributed by atoms with Crippen molar-refractivity contribution in [2.45, 2.75) is 13.1 Å². The largest absolute Gasteiger partial charge is 0.467 e. The topological polar surface area (TPSA) is 72.9 Å². The van der Waals surface area contributed by atoms with E-state index in [0.29, 0.717) is 13.1 Å². The molecular formula is C18H16N6O. The van der Waals surface area contributed by atoms with Gasteiger partial charge >= 0.3 is 0 Å². The zero-order valence-corrected chi connectivity index (χ0v) is 13.4. The Kier molecular flexibility index (Phi) is 4.20. The van der Waals surface area contributed by atoms with Gasteiger partial charge in [-0.3, -0.25) is 9.55 Å². The first-order valence-electron chi connectivity index (χ1n) is 7.85. The van der Waals surface area contributed by atoms with Gasteiger partial charge in [0, 0.05) is 37.4 Å². The predicted molar refractivity (Wildman–Crippen MR) is 92.0 cm³/mol. The molecule has 0 unspecified atom stereocenters. The molecule has 0 fully saturated rings. The van der Waals surface area contributed by atoms with E-state index in [-0.39, 0.29) is 0 Å². The number of aromatic nitrogens is 5. The van der Waals surface area contributed by atoms with Crippen LogP contribution in [0.5, 0.6) is 0 Å². The number of pyridine rings is 1. The van der Waals surface area contributed by atoms with Crippen LogP contribution in [0.3, 0.4) is 0 Å². The predicted octanol–water partition coefficient (Wildman–Crippen LogP) is 2.86. The van der Waals surface area contributed by atoms with Crippen LogP contribution in [-0.2, 0) is 13.1 Å². The Hall–Kier alpha value is -3.48. The highest BCUT2D eigenvalue weighted by Gasteiger charge is 2.13. The average molecular weight is 332 g/mol. The molecule has 124 valence electrons. The van der Waals surface area contributed by atoms with Crippen LogP contribution in [0.25, 0.3) is 5.82 Å². The van der Waals surface area contributed by atoms with E-state index in [2.05, 4.69) is 24.8 Å². The lowest BCUT2D eigenvalue weighted by atomic mass is 10.2. The zero-order chi connectivity index (χ0) is 16.9. The summed E-state index contributed by atoms with van der Waals surface area (Å²) in [7, 11) is 0. The normalized spacial score (nSPS) is 10.7. The van der Waals surface area contributed by atoms with Crippen LogP contribution in [0.1, 0.15) is 11.3 Å². The summed E-state index contributed by atoms with van der Waals surface area (Å²) in [6.45, 7) is 1.26. The summed E-state index contributed by atoms with van der Waals surface area (Å²) >= 11 is 0. The zero-order valence-electron chi connectivity index (χ0n) is 13.4. The van der Waals surface area contributed by atoms with Gasteiger partial charge in [-0.1, -0.05) is 6.07 Å². The van der Waals surface area contributed by atoms with Crippen molar-refractivity contribution in [3.05, 3.63) is 85.4 Å². The molecule has 0 aliphatic carbocycles. The van der Waals surface area contributed by atoms with Crippen molar-refractivity contribution in [3.63, 3.8) is 0 Å². The molecule has 0 N–H and O–H groups in total. The number of imidazole rings is 1. The van der Waals surface area contributed by atoms with Crippen molar-refractivity contribution >= 4 is 5.82 Å². The van der Waals surface area contributed by atoms with E-state index in [0.717, 1.165) is 23.0 Å². The molecule has 0 radical (unpaired) electrons. The maximum atomic E-state index is 5.51. The molecule has 4 heterocycles. The number of hydrogen-bond donors (Lipinski definition) is 0. The van der Waals surface area contributed by atoms with E-state index in [1.54, 1.807) is 31.3 Å². The highest BCUT2D eigenvalue weighted by Crippen LogP contribution is 2.19. The number of rotatable bonds is 6. The van der Waals surface area contributed by atoms with Crippen molar-refractivity contribution in [2.24, 2.45) is 0 Å². The van der Waals surface area contributed by atoms with Crippen LogP contribution in [0, 0.1) is 0 Å². The molecule has 4 aromatic heterocycles. The molecule has 0 aliphatic heterocycles. The van der Waals surface area contributed by atoms with Gasteiger partial charge in [0.25, 0.3) is 0 Å². The van der Waals surface area contributed by atoms with Crippen molar-refractivity contribution in [2.75, 3.05) is 4.90 Å². The Bertz CT molecular complexity index is 906. The van der Waals surface area contributed by atoms with Gasteiger partial charge < -0.3 is 9.32 Å². The number of anilines is 1. The monoisotopic (exact) mass is 332 g/mol. The molecule has 0 bridgehead atoms. The smallest absolute Gasteiger partial charge is 0.143 e. The number of hydrogen-bond acceptors (Lipinski definition) is 6. The quantitative estimate of drug-likeness (QED) is 0.540. The summed E-state index contributed by atoms with van der Waals surface area (Å²) in [5.74, 6) is 2.43. The van der Waals surface area contributed by atoms with Crippen LogP contribution in [-0.4, -0.2) is 24.5 Å². The molecule has 0 saturated heterocycles. The molecule has 25 heavy (non-hydrogen) atoms. The number of nitrogens with zero attached hydrogens (tertiary/aromatic N) is 6. The van der Waals surface area contributed by atoms with Crippen molar-refractivity contribution in [1.29, 1.82) is 0 Å². The first-order chi connectivity index (χ1) is 12.4. The van der Waals surface area contributed by atoms with Gasteiger partial charge in [0.15, 0.2) is 0 Å². The Morgan fingerprint density at radius 3 is 2.80 bits per heavy atom. The van der Waals surface area contributed by atoms with Crippen LogP contribution in [0.4, 0.5) is 5.82 Å². The standard InChI is InChI=1S/C18H16N6O/c1-3-15(10-19-5-1)11-24(12-16-4-2-8-25-16)18-9-17(21-13-22-18)23-7-6-20-14-23/h1-10,13-14H,11-12H2. The molecule has 7 heteroatoms.